The van der Waals surface area contributed by atoms with E-state index in [1.54, 1.807) is 17.0 Å². The summed E-state index contributed by atoms with van der Waals surface area (Å²) in [4.78, 5) is 13.7. The average Bonchev–Trinajstić information content (AvgIpc) is 2.37. The molecule has 104 valence electrons. The first-order valence-corrected chi connectivity index (χ1v) is 6.45. The van der Waals surface area contributed by atoms with E-state index in [2.05, 4.69) is 5.32 Å². The lowest BCUT2D eigenvalue weighted by atomic mass is 10.0. The molecule has 19 heavy (non-hydrogen) atoms. The van der Waals surface area contributed by atoms with Crippen molar-refractivity contribution in [2.24, 2.45) is 0 Å². The van der Waals surface area contributed by atoms with Crippen molar-refractivity contribution in [3.8, 4) is 0 Å². The summed E-state index contributed by atoms with van der Waals surface area (Å²) in [7, 11) is 0. The second kappa shape index (κ2) is 5.67. The molecule has 0 bridgehead atoms. The van der Waals surface area contributed by atoms with Crippen LogP contribution in [0.2, 0.25) is 0 Å². The number of amides is 1. The standard InChI is InChI=1S/C14H19FN2O2/c1-3-17(12-6-4-11(15)5-7-12)13(18)8-19-14(2)9-16-10-14/h4-7,16H,3,8-10H2,1-2H3. The van der Waals surface area contributed by atoms with Gasteiger partial charge in [-0.1, -0.05) is 0 Å². The lowest BCUT2D eigenvalue weighted by molar-refractivity contribution is -0.133. The number of nitrogens with zero attached hydrogens (tertiary/aromatic N) is 1. The van der Waals surface area contributed by atoms with Crippen molar-refractivity contribution >= 4 is 11.6 Å². The summed E-state index contributed by atoms with van der Waals surface area (Å²) >= 11 is 0. The smallest absolute Gasteiger partial charge is 0.252 e. The third-order valence-corrected chi connectivity index (χ3v) is 3.30. The van der Waals surface area contributed by atoms with E-state index in [9.17, 15) is 9.18 Å². The monoisotopic (exact) mass is 266 g/mol. The zero-order valence-corrected chi connectivity index (χ0v) is 11.3. The molecule has 0 radical (unpaired) electrons. The molecule has 0 saturated carbocycles. The SMILES string of the molecule is CCN(C(=O)COC1(C)CNC1)c1ccc(F)cc1. The van der Waals surface area contributed by atoms with Gasteiger partial charge in [0.1, 0.15) is 12.4 Å². The summed E-state index contributed by atoms with van der Waals surface area (Å²) in [6, 6.07) is 5.90. The van der Waals surface area contributed by atoms with Crippen LogP contribution >= 0.6 is 0 Å². The third-order valence-electron chi connectivity index (χ3n) is 3.30. The van der Waals surface area contributed by atoms with Crippen molar-refractivity contribution in [3.63, 3.8) is 0 Å². The lowest BCUT2D eigenvalue weighted by Gasteiger charge is -2.39. The van der Waals surface area contributed by atoms with Gasteiger partial charge in [-0.25, -0.2) is 4.39 Å². The topological polar surface area (TPSA) is 41.6 Å². The predicted octanol–water partition coefficient (Wildman–Crippen LogP) is 1.56. The lowest BCUT2D eigenvalue weighted by Crippen LogP contribution is -2.59. The maximum Gasteiger partial charge on any atom is 0.252 e. The number of carbonyl (C=O) groups excluding carboxylic acids is 1. The van der Waals surface area contributed by atoms with E-state index < -0.39 is 0 Å². The number of likely N-dealkylation sites (N-methyl/N-ethyl adjacent to an activating group) is 1. The molecule has 0 aromatic heterocycles. The highest BCUT2D eigenvalue weighted by atomic mass is 19.1. The third kappa shape index (κ3) is 3.30. The molecule has 4 nitrogen and oxygen atoms in total. The Morgan fingerprint density at radius 1 is 1.42 bits per heavy atom. The molecule has 5 heteroatoms. The minimum Gasteiger partial charge on any atom is -0.363 e. The second-order valence-corrected chi connectivity index (χ2v) is 4.96. The van der Waals surface area contributed by atoms with Crippen molar-refractivity contribution < 1.29 is 13.9 Å². The molecular weight excluding hydrogens is 247 g/mol. The number of ether oxygens (including phenoxy) is 1. The van der Waals surface area contributed by atoms with Crippen LogP contribution in [0.5, 0.6) is 0 Å². The Balaban J connectivity index is 1.96. The summed E-state index contributed by atoms with van der Waals surface area (Å²) in [6.07, 6.45) is 0. The highest BCUT2D eigenvalue weighted by Crippen LogP contribution is 2.18. The van der Waals surface area contributed by atoms with Crippen molar-refractivity contribution in [2.45, 2.75) is 19.4 Å². The van der Waals surface area contributed by atoms with Crippen molar-refractivity contribution in [1.29, 1.82) is 0 Å². The first-order chi connectivity index (χ1) is 9.04. The van der Waals surface area contributed by atoms with Gasteiger partial charge < -0.3 is 15.0 Å². The van der Waals surface area contributed by atoms with Crippen LogP contribution in [-0.4, -0.2) is 37.7 Å². The number of hydrogen-bond donors (Lipinski definition) is 1. The summed E-state index contributed by atoms with van der Waals surface area (Å²) < 4.78 is 18.5. The number of hydrogen-bond acceptors (Lipinski definition) is 3. The Labute approximate surface area is 112 Å². The first kappa shape index (κ1) is 14.0. The Hall–Kier alpha value is -1.46. The number of anilines is 1. The van der Waals surface area contributed by atoms with E-state index in [0.29, 0.717) is 12.2 Å². The fourth-order valence-electron chi connectivity index (χ4n) is 2.02. The van der Waals surface area contributed by atoms with Crippen molar-refractivity contribution in [2.75, 3.05) is 31.1 Å². The van der Waals surface area contributed by atoms with Crippen molar-refractivity contribution in [1.82, 2.24) is 5.32 Å². The van der Waals surface area contributed by atoms with Crippen LogP contribution in [0.4, 0.5) is 10.1 Å². The molecule has 0 spiro atoms. The van der Waals surface area contributed by atoms with Gasteiger partial charge in [-0.15, -0.1) is 0 Å². The van der Waals surface area contributed by atoms with Gasteiger partial charge in [0, 0.05) is 25.3 Å². The zero-order chi connectivity index (χ0) is 13.9. The number of rotatable bonds is 5. The molecule has 0 aliphatic carbocycles. The molecule has 1 heterocycles. The Morgan fingerprint density at radius 3 is 2.53 bits per heavy atom. The van der Waals surface area contributed by atoms with E-state index in [0.717, 1.165) is 13.1 Å². The van der Waals surface area contributed by atoms with Crippen LogP contribution in [-0.2, 0) is 9.53 Å². The molecule has 1 aliphatic heterocycles. The summed E-state index contributed by atoms with van der Waals surface area (Å²) in [5.41, 5.74) is 0.451. The zero-order valence-electron chi connectivity index (χ0n) is 11.3. The molecule has 1 fully saturated rings. The van der Waals surface area contributed by atoms with Crippen LogP contribution in [0.1, 0.15) is 13.8 Å². The van der Waals surface area contributed by atoms with Crippen LogP contribution in [0.25, 0.3) is 0 Å². The predicted molar refractivity (Wildman–Crippen MR) is 71.7 cm³/mol. The highest BCUT2D eigenvalue weighted by molar-refractivity contribution is 5.94. The second-order valence-electron chi connectivity index (χ2n) is 4.96. The van der Waals surface area contributed by atoms with Crippen molar-refractivity contribution in [3.05, 3.63) is 30.1 Å². The van der Waals surface area contributed by atoms with E-state index in [4.69, 9.17) is 4.74 Å². The largest absolute Gasteiger partial charge is 0.363 e. The van der Waals surface area contributed by atoms with Gasteiger partial charge in [-0.05, 0) is 38.1 Å². The molecule has 1 amide bonds. The van der Waals surface area contributed by atoms with Crippen LogP contribution in [0.3, 0.4) is 0 Å². The molecule has 1 aliphatic rings. The quantitative estimate of drug-likeness (QED) is 0.879. The summed E-state index contributed by atoms with van der Waals surface area (Å²) in [5.74, 6) is -0.418. The number of nitrogens with one attached hydrogen (secondary N) is 1. The fourth-order valence-corrected chi connectivity index (χ4v) is 2.02. The summed E-state index contributed by atoms with van der Waals surface area (Å²) in [6.45, 7) is 5.97. The number of carbonyl (C=O) groups is 1. The van der Waals surface area contributed by atoms with E-state index in [-0.39, 0.29) is 23.9 Å². The first-order valence-electron chi connectivity index (χ1n) is 6.45. The normalized spacial score (nSPS) is 16.8. The Bertz CT molecular complexity index is 443. The maximum absolute atomic E-state index is 12.9. The van der Waals surface area contributed by atoms with Gasteiger partial charge in [0.25, 0.3) is 5.91 Å². The molecule has 0 unspecified atom stereocenters. The Morgan fingerprint density at radius 2 is 2.05 bits per heavy atom. The minimum absolute atomic E-state index is 0.0450. The molecular formula is C14H19FN2O2. The summed E-state index contributed by atoms with van der Waals surface area (Å²) in [5, 5.41) is 3.12. The van der Waals surface area contributed by atoms with E-state index >= 15 is 0 Å². The van der Waals surface area contributed by atoms with Gasteiger partial charge >= 0.3 is 0 Å². The van der Waals surface area contributed by atoms with Gasteiger partial charge in [-0.3, -0.25) is 4.79 Å². The van der Waals surface area contributed by atoms with E-state index in [1.165, 1.54) is 12.1 Å². The van der Waals surface area contributed by atoms with Crippen LogP contribution in [0, 0.1) is 5.82 Å². The van der Waals surface area contributed by atoms with Gasteiger partial charge in [-0.2, -0.15) is 0 Å². The van der Waals surface area contributed by atoms with E-state index in [1.807, 2.05) is 13.8 Å². The molecule has 2 rings (SSSR count). The Kier molecular flexibility index (Phi) is 4.17. The number of halogens is 1. The van der Waals surface area contributed by atoms with Crippen LogP contribution < -0.4 is 10.2 Å². The molecule has 1 aromatic carbocycles. The molecule has 1 saturated heterocycles. The van der Waals surface area contributed by atoms with Gasteiger partial charge in [0.05, 0.1) is 5.60 Å². The molecule has 1 N–H and O–H groups in total. The fraction of sp³-hybridized carbons (Fsp3) is 0.500. The van der Waals surface area contributed by atoms with Gasteiger partial charge in [0.15, 0.2) is 0 Å². The van der Waals surface area contributed by atoms with Gasteiger partial charge in [0.2, 0.25) is 0 Å². The average molecular weight is 266 g/mol. The molecule has 1 aromatic rings. The highest BCUT2D eigenvalue weighted by Gasteiger charge is 2.33. The maximum atomic E-state index is 12.9. The minimum atomic E-state index is -0.309. The number of benzene rings is 1. The molecule has 0 atom stereocenters. The van der Waals surface area contributed by atoms with Crippen LogP contribution in [0.15, 0.2) is 24.3 Å².